The Balaban J connectivity index is 3.90. The highest BCUT2D eigenvalue weighted by Crippen LogP contribution is 1.97. The Kier molecular flexibility index (Phi) is 9.11. The standard InChI is InChI=1S/C12H25N3O4/c1-8(2)11(13)12(17)15-6-10(16)14-5-9(19-4)7-18-3/h8-9,11H,5-7,13H2,1-4H3,(H,14,16)(H,15,17)/t9?,11-/m0/s1. The average molecular weight is 275 g/mol. The summed E-state index contributed by atoms with van der Waals surface area (Å²) in [5.41, 5.74) is 5.65. The smallest absolute Gasteiger partial charge is 0.239 e. The molecule has 1 unspecified atom stereocenters. The van der Waals surface area contributed by atoms with Crippen LogP contribution in [0.3, 0.4) is 0 Å². The Hall–Kier alpha value is -1.18. The minimum Gasteiger partial charge on any atom is -0.382 e. The van der Waals surface area contributed by atoms with Crippen LogP contribution in [0.4, 0.5) is 0 Å². The number of carbonyl (C=O) groups is 2. The molecular formula is C12H25N3O4. The lowest BCUT2D eigenvalue weighted by molar-refractivity contribution is -0.127. The van der Waals surface area contributed by atoms with Gasteiger partial charge in [-0.1, -0.05) is 13.8 Å². The number of rotatable bonds is 9. The largest absolute Gasteiger partial charge is 0.382 e. The zero-order valence-corrected chi connectivity index (χ0v) is 12.1. The van der Waals surface area contributed by atoms with E-state index in [1.165, 1.54) is 0 Å². The fourth-order valence-electron chi connectivity index (χ4n) is 1.27. The molecule has 7 heteroatoms. The molecule has 0 saturated carbocycles. The second kappa shape index (κ2) is 9.71. The summed E-state index contributed by atoms with van der Waals surface area (Å²) in [6.45, 7) is 4.32. The van der Waals surface area contributed by atoms with Crippen LogP contribution in [0, 0.1) is 5.92 Å². The van der Waals surface area contributed by atoms with E-state index in [4.69, 9.17) is 15.2 Å². The van der Waals surface area contributed by atoms with Crippen molar-refractivity contribution < 1.29 is 19.1 Å². The van der Waals surface area contributed by atoms with Gasteiger partial charge in [-0.2, -0.15) is 0 Å². The molecule has 0 radical (unpaired) electrons. The van der Waals surface area contributed by atoms with Gasteiger partial charge in [-0.15, -0.1) is 0 Å². The van der Waals surface area contributed by atoms with E-state index in [2.05, 4.69) is 10.6 Å². The molecule has 0 aromatic rings. The summed E-state index contributed by atoms with van der Waals surface area (Å²) in [6.07, 6.45) is -0.206. The SMILES string of the molecule is COCC(CNC(=O)CNC(=O)[C@@H](N)C(C)C)OC. The Labute approximate surface area is 114 Å². The summed E-state index contributed by atoms with van der Waals surface area (Å²) in [4.78, 5) is 23.0. The highest BCUT2D eigenvalue weighted by Gasteiger charge is 2.17. The Morgan fingerprint density at radius 2 is 1.84 bits per heavy atom. The number of nitrogens with one attached hydrogen (secondary N) is 2. The van der Waals surface area contributed by atoms with Crippen molar-refractivity contribution in [1.29, 1.82) is 0 Å². The predicted molar refractivity (Wildman–Crippen MR) is 71.5 cm³/mol. The molecule has 2 amide bonds. The van der Waals surface area contributed by atoms with Crippen LogP contribution in [0.5, 0.6) is 0 Å². The first kappa shape index (κ1) is 17.8. The Bertz CT molecular complexity index is 284. The third kappa shape index (κ3) is 7.76. The number of nitrogens with two attached hydrogens (primary N) is 1. The van der Waals surface area contributed by atoms with Gasteiger partial charge in [0.15, 0.2) is 0 Å². The molecule has 0 bridgehead atoms. The van der Waals surface area contributed by atoms with E-state index >= 15 is 0 Å². The van der Waals surface area contributed by atoms with Crippen molar-refractivity contribution in [2.45, 2.75) is 26.0 Å². The zero-order valence-electron chi connectivity index (χ0n) is 12.1. The van der Waals surface area contributed by atoms with Gasteiger partial charge in [-0.25, -0.2) is 0 Å². The molecule has 0 spiro atoms. The van der Waals surface area contributed by atoms with Gasteiger partial charge < -0.3 is 25.8 Å². The summed E-state index contributed by atoms with van der Waals surface area (Å²) < 4.78 is 10.0. The third-order valence-electron chi connectivity index (χ3n) is 2.66. The monoisotopic (exact) mass is 275 g/mol. The second-order valence-electron chi connectivity index (χ2n) is 4.60. The van der Waals surface area contributed by atoms with Crippen LogP contribution in [0.25, 0.3) is 0 Å². The van der Waals surface area contributed by atoms with E-state index in [9.17, 15) is 9.59 Å². The Morgan fingerprint density at radius 1 is 1.21 bits per heavy atom. The van der Waals surface area contributed by atoms with E-state index in [-0.39, 0.29) is 30.4 Å². The van der Waals surface area contributed by atoms with Crippen LogP contribution < -0.4 is 16.4 Å². The van der Waals surface area contributed by atoms with Crippen molar-refractivity contribution in [2.24, 2.45) is 11.7 Å². The molecule has 112 valence electrons. The molecule has 0 aliphatic rings. The van der Waals surface area contributed by atoms with Crippen LogP contribution in [-0.4, -0.2) is 57.9 Å². The first-order valence-corrected chi connectivity index (χ1v) is 6.24. The molecule has 19 heavy (non-hydrogen) atoms. The lowest BCUT2D eigenvalue weighted by Gasteiger charge is -2.17. The number of ether oxygens (including phenoxy) is 2. The predicted octanol–water partition coefficient (Wildman–Crippen LogP) is -1.14. The van der Waals surface area contributed by atoms with Gasteiger partial charge >= 0.3 is 0 Å². The first-order valence-electron chi connectivity index (χ1n) is 6.24. The van der Waals surface area contributed by atoms with Gasteiger partial charge in [-0.05, 0) is 5.92 Å². The average Bonchev–Trinajstić information content (AvgIpc) is 2.39. The molecular weight excluding hydrogens is 250 g/mol. The quantitative estimate of drug-likeness (QED) is 0.494. The van der Waals surface area contributed by atoms with Crippen molar-refractivity contribution in [3.63, 3.8) is 0 Å². The van der Waals surface area contributed by atoms with E-state index in [1.807, 2.05) is 13.8 Å². The number of carbonyl (C=O) groups excluding carboxylic acids is 2. The van der Waals surface area contributed by atoms with Crippen molar-refractivity contribution in [3.05, 3.63) is 0 Å². The van der Waals surface area contributed by atoms with Gasteiger partial charge in [0.2, 0.25) is 11.8 Å². The molecule has 4 N–H and O–H groups in total. The van der Waals surface area contributed by atoms with Crippen molar-refractivity contribution >= 4 is 11.8 Å². The van der Waals surface area contributed by atoms with Gasteiger partial charge in [0.05, 0.1) is 25.3 Å². The maximum atomic E-state index is 11.5. The summed E-state index contributed by atoms with van der Waals surface area (Å²) >= 11 is 0. The molecule has 0 aliphatic carbocycles. The molecule has 0 fully saturated rings. The van der Waals surface area contributed by atoms with Crippen LogP contribution in [0.2, 0.25) is 0 Å². The maximum absolute atomic E-state index is 11.5. The molecule has 0 rings (SSSR count). The maximum Gasteiger partial charge on any atom is 0.239 e. The van der Waals surface area contributed by atoms with E-state index in [0.717, 1.165) is 0 Å². The summed E-state index contributed by atoms with van der Waals surface area (Å²) in [5, 5.41) is 5.13. The van der Waals surface area contributed by atoms with Gasteiger partial charge in [0.25, 0.3) is 0 Å². The minimum absolute atomic E-state index is 0.0302. The topological polar surface area (TPSA) is 103 Å². The molecule has 0 heterocycles. The van der Waals surface area contributed by atoms with Gasteiger partial charge in [0, 0.05) is 20.8 Å². The highest BCUT2D eigenvalue weighted by molar-refractivity contribution is 5.87. The van der Waals surface area contributed by atoms with E-state index in [1.54, 1.807) is 14.2 Å². The van der Waals surface area contributed by atoms with Crippen LogP contribution in [0.1, 0.15) is 13.8 Å². The molecule has 2 atom stereocenters. The minimum atomic E-state index is -0.604. The summed E-state index contributed by atoms with van der Waals surface area (Å²) in [5.74, 6) is -0.588. The van der Waals surface area contributed by atoms with Crippen LogP contribution in [-0.2, 0) is 19.1 Å². The highest BCUT2D eigenvalue weighted by atomic mass is 16.5. The van der Waals surface area contributed by atoms with Crippen molar-refractivity contribution in [1.82, 2.24) is 10.6 Å². The molecule has 0 saturated heterocycles. The molecule has 0 aliphatic heterocycles. The number of amides is 2. The molecule has 0 aromatic carbocycles. The van der Waals surface area contributed by atoms with E-state index in [0.29, 0.717) is 13.2 Å². The number of hydrogen-bond donors (Lipinski definition) is 3. The van der Waals surface area contributed by atoms with Gasteiger partial charge in [-0.3, -0.25) is 9.59 Å². The first-order chi connectivity index (χ1) is 8.92. The molecule has 7 nitrogen and oxygen atoms in total. The summed E-state index contributed by atoms with van der Waals surface area (Å²) in [6, 6.07) is -0.604. The third-order valence-corrected chi connectivity index (χ3v) is 2.66. The van der Waals surface area contributed by atoms with Crippen molar-refractivity contribution in [2.75, 3.05) is 33.9 Å². The zero-order chi connectivity index (χ0) is 14.8. The van der Waals surface area contributed by atoms with Gasteiger partial charge in [0.1, 0.15) is 0 Å². The normalized spacial score (nSPS) is 14.0. The number of hydrogen-bond acceptors (Lipinski definition) is 5. The summed E-state index contributed by atoms with van der Waals surface area (Å²) in [7, 11) is 3.10. The number of methoxy groups -OCH3 is 2. The Morgan fingerprint density at radius 3 is 2.32 bits per heavy atom. The molecule has 0 aromatic heterocycles. The lowest BCUT2D eigenvalue weighted by atomic mass is 10.1. The fraction of sp³-hybridized carbons (Fsp3) is 0.833. The lowest BCUT2D eigenvalue weighted by Crippen LogP contribution is -2.48. The second-order valence-corrected chi connectivity index (χ2v) is 4.60. The van der Waals surface area contributed by atoms with Crippen LogP contribution in [0.15, 0.2) is 0 Å². The fourth-order valence-corrected chi connectivity index (χ4v) is 1.27. The van der Waals surface area contributed by atoms with Crippen molar-refractivity contribution in [3.8, 4) is 0 Å². The van der Waals surface area contributed by atoms with Crippen LogP contribution >= 0.6 is 0 Å². The van der Waals surface area contributed by atoms with E-state index < -0.39 is 6.04 Å².